The van der Waals surface area contributed by atoms with Crippen molar-refractivity contribution in [2.45, 2.75) is 58.8 Å². The van der Waals surface area contributed by atoms with E-state index in [2.05, 4.69) is 19.9 Å². The molecule has 0 saturated heterocycles. The van der Waals surface area contributed by atoms with Crippen LogP contribution in [0.2, 0.25) is 0 Å². The number of hydrogen-bond donors (Lipinski definition) is 0. The molecule has 0 radical (unpaired) electrons. The molecule has 0 bridgehead atoms. The first-order valence-corrected chi connectivity index (χ1v) is 6.38. The number of aldehydes is 1. The molecule has 0 aliphatic heterocycles. The van der Waals surface area contributed by atoms with Gasteiger partial charge in [-0.2, -0.15) is 0 Å². The van der Waals surface area contributed by atoms with Crippen molar-refractivity contribution in [2.75, 3.05) is 0 Å². The molecule has 1 unspecified atom stereocenters. The van der Waals surface area contributed by atoms with Gasteiger partial charge in [0.1, 0.15) is 6.29 Å². The number of carbonyl (C=O) groups is 1. The molecule has 0 N–H and O–H groups in total. The van der Waals surface area contributed by atoms with Gasteiger partial charge in [0.15, 0.2) is 0 Å². The Morgan fingerprint density at radius 1 is 1.33 bits per heavy atom. The van der Waals surface area contributed by atoms with Gasteiger partial charge < -0.3 is 4.79 Å². The monoisotopic (exact) mass is 208 g/mol. The molecular weight excluding hydrogens is 184 g/mol. The summed E-state index contributed by atoms with van der Waals surface area (Å²) in [5, 5.41) is 0. The Morgan fingerprint density at radius 3 is 2.53 bits per heavy atom. The summed E-state index contributed by atoms with van der Waals surface area (Å²) in [6, 6.07) is 0. The Morgan fingerprint density at radius 2 is 2.00 bits per heavy atom. The molecule has 1 fully saturated rings. The molecule has 15 heavy (non-hydrogen) atoms. The van der Waals surface area contributed by atoms with Gasteiger partial charge >= 0.3 is 0 Å². The van der Waals surface area contributed by atoms with Crippen LogP contribution in [0.3, 0.4) is 0 Å². The first-order valence-electron chi connectivity index (χ1n) is 6.38. The normalized spacial score (nSPS) is 21.3. The molecule has 0 aromatic carbocycles. The van der Waals surface area contributed by atoms with Gasteiger partial charge in [-0.3, -0.25) is 0 Å². The van der Waals surface area contributed by atoms with Gasteiger partial charge in [0.2, 0.25) is 0 Å². The van der Waals surface area contributed by atoms with E-state index in [0.29, 0.717) is 0 Å². The molecule has 0 heterocycles. The fourth-order valence-corrected chi connectivity index (χ4v) is 2.47. The lowest BCUT2D eigenvalue weighted by Crippen LogP contribution is -2.05. The van der Waals surface area contributed by atoms with Crippen molar-refractivity contribution >= 4 is 6.29 Å². The van der Waals surface area contributed by atoms with Crippen LogP contribution in [-0.2, 0) is 4.79 Å². The number of allylic oxidation sites excluding steroid dienone is 2. The molecule has 1 atom stereocenters. The third-order valence-corrected chi connectivity index (χ3v) is 3.47. The van der Waals surface area contributed by atoms with Crippen molar-refractivity contribution in [2.24, 2.45) is 11.8 Å². The summed E-state index contributed by atoms with van der Waals surface area (Å²) in [6.07, 6.45) is 12.4. The summed E-state index contributed by atoms with van der Waals surface area (Å²) >= 11 is 0. The summed E-state index contributed by atoms with van der Waals surface area (Å²) in [4.78, 5) is 10.7. The summed E-state index contributed by atoms with van der Waals surface area (Å²) < 4.78 is 0. The molecule has 0 spiro atoms. The molecule has 86 valence electrons. The average molecular weight is 208 g/mol. The highest BCUT2D eigenvalue weighted by Crippen LogP contribution is 2.26. The van der Waals surface area contributed by atoms with Crippen molar-refractivity contribution in [3.63, 3.8) is 0 Å². The molecule has 1 saturated carbocycles. The topological polar surface area (TPSA) is 17.1 Å². The molecule has 1 aliphatic carbocycles. The van der Waals surface area contributed by atoms with Gasteiger partial charge in [-0.05, 0) is 38.5 Å². The number of carbonyl (C=O) groups excluding carboxylic acids is 1. The van der Waals surface area contributed by atoms with Gasteiger partial charge in [-0.1, -0.05) is 37.8 Å². The fourth-order valence-electron chi connectivity index (χ4n) is 2.47. The van der Waals surface area contributed by atoms with Crippen LogP contribution < -0.4 is 0 Å². The van der Waals surface area contributed by atoms with E-state index in [1.54, 1.807) is 0 Å². The van der Waals surface area contributed by atoms with Crippen LogP contribution in [0.4, 0.5) is 0 Å². The highest BCUT2D eigenvalue weighted by Gasteiger charge is 2.12. The lowest BCUT2D eigenvalue weighted by molar-refractivity contribution is -0.111. The third-order valence-electron chi connectivity index (χ3n) is 3.47. The molecule has 1 nitrogen and oxygen atoms in total. The summed E-state index contributed by atoms with van der Waals surface area (Å²) in [5.41, 5.74) is 1.42. The zero-order valence-corrected chi connectivity index (χ0v) is 10.2. The first-order chi connectivity index (χ1) is 7.26. The van der Waals surface area contributed by atoms with E-state index in [0.717, 1.165) is 25.0 Å². The SMILES string of the molecule is CCC(C=O)CC(C)=CC1CCCCC1. The van der Waals surface area contributed by atoms with E-state index in [9.17, 15) is 4.79 Å². The minimum absolute atomic E-state index is 0.241. The Bertz CT molecular complexity index is 211. The Labute approximate surface area is 93.9 Å². The quantitative estimate of drug-likeness (QED) is 0.490. The van der Waals surface area contributed by atoms with Crippen LogP contribution in [0.25, 0.3) is 0 Å². The summed E-state index contributed by atoms with van der Waals surface area (Å²) in [5.74, 6) is 1.03. The minimum Gasteiger partial charge on any atom is -0.303 e. The van der Waals surface area contributed by atoms with Crippen LogP contribution >= 0.6 is 0 Å². The van der Waals surface area contributed by atoms with E-state index in [1.807, 2.05) is 0 Å². The highest BCUT2D eigenvalue weighted by atomic mass is 16.1. The van der Waals surface area contributed by atoms with Gasteiger partial charge in [-0.25, -0.2) is 0 Å². The lowest BCUT2D eigenvalue weighted by atomic mass is 9.86. The van der Waals surface area contributed by atoms with E-state index >= 15 is 0 Å². The smallest absolute Gasteiger partial charge is 0.123 e. The van der Waals surface area contributed by atoms with E-state index in [4.69, 9.17) is 0 Å². The summed E-state index contributed by atoms with van der Waals surface area (Å²) in [7, 11) is 0. The van der Waals surface area contributed by atoms with Crippen molar-refractivity contribution in [3.05, 3.63) is 11.6 Å². The molecule has 1 rings (SSSR count). The average Bonchev–Trinajstić information content (AvgIpc) is 2.27. The van der Waals surface area contributed by atoms with Gasteiger partial charge in [0.25, 0.3) is 0 Å². The Kier molecular flexibility index (Phi) is 5.67. The molecule has 0 aromatic heterocycles. The molecule has 1 heteroatoms. The van der Waals surface area contributed by atoms with Crippen LogP contribution in [0.15, 0.2) is 11.6 Å². The zero-order chi connectivity index (χ0) is 11.1. The van der Waals surface area contributed by atoms with E-state index < -0.39 is 0 Å². The van der Waals surface area contributed by atoms with Crippen LogP contribution in [-0.4, -0.2) is 6.29 Å². The predicted molar refractivity (Wildman–Crippen MR) is 64.8 cm³/mol. The lowest BCUT2D eigenvalue weighted by Gasteiger charge is -2.19. The minimum atomic E-state index is 0.241. The molecule has 0 amide bonds. The Hall–Kier alpha value is -0.590. The second kappa shape index (κ2) is 6.81. The van der Waals surface area contributed by atoms with Gasteiger partial charge in [0.05, 0.1) is 0 Å². The van der Waals surface area contributed by atoms with Crippen molar-refractivity contribution in [1.29, 1.82) is 0 Å². The van der Waals surface area contributed by atoms with Crippen LogP contribution in [0.5, 0.6) is 0 Å². The van der Waals surface area contributed by atoms with Gasteiger partial charge in [-0.15, -0.1) is 0 Å². The van der Waals surface area contributed by atoms with Crippen LogP contribution in [0.1, 0.15) is 58.8 Å². The van der Waals surface area contributed by atoms with E-state index in [1.165, 1.54) is 37.7 Å². The number of hydrogen-bond acceptors (Lipinski definition) is 1. The molecule has 1 aliphatic rings. The maximum absolute atomic E-state index is 10.7. The second-order valence-electron chi connectivity index (χ2n) is 4.92. The largest absolute Gasteiger partial charge is 0.303 e. The fraction of sp³-hybridized carbons (Fsp3) is 0.786. The third kappa shape index (κ3) is 4.63. The highest BCUT2D eigenvalue weighted by molar-refractivity contribution is 5.53. The molecular formula is C14H24O. The van der Waals surface area contributed by atoms with Crippen molar-refractivity contribution < 1.29 is 4.79 Å². The van der Waals surface area contributed by atoms with Crippen LogP contribution in [0, 0.1) is 11.8 Å². The second-order valence-corrected chi connectivity index (χ2v) is 4.92. The zero-order valence-electron chi connectivity index (χ0n) is 10.2. The predicted octanol–water partition coefficient (Wildman–Crippen LogP) is 4.13. The first kappa shape index (κ1) is 12.5. The standard InChI is InChI=1S/C14H24O/c1-3-13(11-15)9-12(2)10-14-7-5-4-6-8-14/h10-11,13-14H,3-9H2,1-2H3. The molecule has 0 aromatic rings. The van der Waals surface area contributed by atoms with Crippen molar-refractivity contribution in [1.82, 2.24) is 0 Å². The van der Waals surface area contributed by atoms with Crippen molar-refractivity contribution in [3.8, 4) is 0 Å². The van der Waals surface area contributed by atoms with Gasteiger partial charge in [0, 0.05) is 5.92 Å². The summed E-state index contributed by atoms with van der Waals surface area (Å²) in [6.45, 7) is 4.27. The maximum atomic E-state index is 10.7. The van der Waals surface area contributed by atoms with E-state index in [-0.39, 0.29) is 5.92 Å². The number of rotatable bonds is 5. The maximum Gasteiger partial charge on any atom is 0.123 e. The Balaban J connectivity index is 2.39.